The fourth-order valence-corrected chi connectivity index (χ4v) is 1.69. The van der Waals surface area contributed by atoms with Crippen molar-refractivity contribution in [2.45, 2.75) is 6.92 Å². The molecular formula is C13H16N4O2. The second-order valence-corrected chi connectivity index (χ2v) is 3.82. The maximum Gasteiger partial charge on any atom is 0.411 e. The predicted octanol–water partition coefficient (Wildman–Crippen LogP) is 2.35. The van der Waals surface area contributed by atoms with Gasteiger partial charge in [-0.1, -0.05) is 0 Å². The molecule has 0 aliphatic carbocycles. The molecule has 0 fully saturated rings. The van der Waals surface area contributed by atoms with E-state index in [9.17, 15) is 4.79 Å². The van der Waals surface area contributed by atoms with Crippen LogP contribution in [0.2, 0.25) is 0 Å². The van der Waals surface area contributed by atoms with Crippen LogP contribution in [0.25, 0.3) is 0 Å². The van der Waals surface area contributed by atoms with Crippen LogP contribution in [0.15, 0.2) is 43.0 Å². The molecule has 0 aliphatic rings. The van der Waals surface area contributed by atoms with Crippen molar-refractivity contribution in [1.82, 2.24) is 9.66 Å². The zero-order valence-electron chi connectivity index (χ0n) is 10.9. The maximum atomic E-state index is 11.5. The van der Waals surface area contributed by atoms with Crippen LogP contribution in [0.1, 0.15) is 6.92 Å². The molecule has 100 valence electrons. The molecule has 0 aromatic carbocycles. The highest BCUT2D eigenvalue weighted by Crippen LogP contribution is 2.24. The van der Waals surface area contributed by atoms with E-state index in [2.05, 4.69) is 10.3 Å². The van der Waals surface area contributed by atoms with E-state index in [4.69, 9.17) is 4.74 Å². The van der Waals surface area contributed by atoms with E-state index in [1.807, 2.05) is 47.3 Å². The highest BCUT2D eigenvalue weighted by Gasteiger charge is 2.11. The summed E-state index contributed by atoms with van der Waals surface area (Å²) >= 11 is 0. The lowest BCUT2D eigenvalue weighted by Gasteiger charge is -2.23. The number of hydrogen-bond acceptors (Lipinski definition) is 4. The maximum absolute atomic E-state index is 11.5. The molecule has 0 saturated heterocycles. The molecule has 6 nitrogen and oxygen atoms in total. The third kappa shape index (κ3) is 3.04. The summed E-state index contributed by atoms with van der Waals surface area (Å²) in [6.07, 6.45) is 6.60. The van der Waals surface area contributed by atoms with Gasteiger partial charge in [0.25, 0.3) is 0 Å². The number of ether oxygens (including phenoxy) is 1. The normalized spacial score (nSPS) is 10.0. The van der Waals surface area contributed by atoms with Gasteiger partial charge < -0.3 is 4.74 Å². The number of carbonyl (C=O) groups excluding carboxylic acids is 1. The van der Waals surface area contributed by atoms with Crippen molar-refractivity contribution in [3.05, 3.63) is 43.0 Å². The average Bonchev–Trinajstić information content (AvgIpc) is 2.93. The van der Waals surface area contributed by atoms with E-state index in [0.29, 0.717) is 12.3 Å². The molecule has 2 heterocycles. The third-order valence-electron chi connectivity index (χ3n) is 2.59. The standard InChI is InChI=1S/C13H16N4O2/c1-3-19-13(18)15-11-10-14-7-6-12(11)16(2)17-8-4-5-9-17/h4-10H,3H2,1-2H3,(H,15,18). The molecule has 2 rings (SSSR count). The van der Waals surface area contributed by atoms with Gasteiger partial charge in [-0.15, -0.1) is 0 Å². The number of pyridine rings is 1. The number of amides is 1. The number of hydrogen-bond donors (Lipinski definition) is 1. The SMILES string of the molecule is CCOC(=O)Nc1cnccc1N(C)n1cccc1. The van der Waals surface area contributed by atoms with Crippen molar-refractivity contribution in [2.24, 2.45) is 0 Å². The number of carbonyl (C=O) groups is 1. The fraction of sp³-hybridized carbons (Fsp3) is 0.231. The van der Waals surface area contributed by atoms with Gasteiger partial charge in [0.1, 0.15) is 0 Å². The van der Waals surface area contributed by atoms with Gasteiger partial charge in [-0.05, 0) is 25.1 Å². The van der Waals surface area contributed by atoms with Crippen LogP contribution in [0.5, 0.6) is 0 Å². The van der Waals surface area contributed by atoms with Gasteiger partial charge in [0.15, 0.2) is 0 Å². The molecule has 0 aliphatic heterocycles. The molecule has 6 heteroatoms. The zero-order chi connectivity index (χ0) is 13.7. The molecule has 0 radical (unpaired) electrons. The molecule has 0 unspecified atom stereocenters. The summed E-state index contributed by atoms with van der Waals surface area (Å²) in [6.45, 7) is 2.09. The summed E-state index contributed by atoms with van der Waals surface area (Å²) in [4.78, 5) is 15.5. The Balaban J connectivity index is 2.23. The van der Waals surface area contributed by atoms with E-state index in [0.717, 1.165) is 5.69 Å². The van der Waals surface area contributed by atoms with Gasteiger partial charge in [0.05, 0.1) is 24.2 Å². The average molecular weight is 260 g/mol. The topological polar surface area (TPSA) is 59.4 Å². The van der Waals surface area contributed by atoms with Gasteiger partial charge in [-0.25, -0.2) is 4.79 Å². The van der Waals surface area contributed by atoms with E-state index in [1.54, 1.807) is 19.3 Å². The third-order valence-corrected chi connectivity index (χ3v) is 2.59. The first-order valence-electron chi connectivity index (χ1n) is 5.97. The minimum Gasteiger partial charge on any atom is -0.450 e. The Morgan fingerprint density at radius 3 is 2.89 bits per heavy atom. The van der Waals surface area contributed by atoms with Crippen molar-refractivity contribution in [2.75, 3.05) is 24.0 Å². The second kappa shape index (κ2) is 5.90. The molecule has 0 spiro atoms. The summed E-state index contributed by atoms with van der Waals surface area (Å²) in [6, 6.07) is 5.67. The number of nitrogens with one attached hydrogen (secondary N) is 1. The Morgan fingerprint density at radius 2 is 2.21 bits per heavy atom. The number of rotatable bonds is 4. The Bertz CT molecular complexity index is 539. The highest BCUT2D eigenvalue weighted by atomic mass is 16.5. The molecule has 19 heavy (non-hydrogen) atoms. The summed E-state index contributed by atoms with van der Waals surface area (Å²) in [5.74, 6) is 0. The molecule has 1 N–H and O–H groups in total. The Morgan fingerprint density at radius 1 is 1.47 bits per heavy atom. The Labute approximate surface area is 111 Å². The molecular weight excluding hydrogens is 244 g/mol. The largest absolute Gasteiger partial charge is 0.450 e. The molecule has 0 bridgehead atoms. The quantitative estimate of drug-likeness (QED) is 0.916. The van der Waals surface area contributed by atoms with Crippen molar-refractivity contribution in [3.8, 4) is 0 Å². The molecule has 0 atom stereocenters. The number of nitrogens with zero attached hydrogens (tertiary/aromatic N) is 3. The van der Waals surface area contributed by atoms with Crippen molar-refractivity contribution >= 4 is 17.5 Å². The minimum atomic E-state index is -0.488. The van der Waals surface area contributed by atoms with Crippen LogP contribution in [0.4, 0.5) is 16.2 Å². The van der Waals surface area contributed by atoms with Crippen molar-refractivity contribution < 1.29 is 9.53 Å². The van der Waals surface area contributed by atoms with Crippen LogP contribution in [0, 0.1) is 0 Å². The smallest absolute Gasteiger partial charge is 0.411 e. The monoisotopic (exact) mass is 260 g/mol. The fourth-order valence-electron chi connectivity index (χ4n) is 1.69. The van der Waals surface area contributed by atoms with Gasteiger partial charge in [0, 0.05) is 25.6 Å². The first kappa shape index (κ1) is 12.9. The zero-order valence-corrected chi connectivity index (χ0v) is 10.9. The summed E-state index contributed by atoms with van der Waals surface area (Å²) in [5.41, 5.74) is 1.41. The van der Waals surface area contributed by atoms with Gasteiger partial charge in [-0.3, -0.25) is 20.0 Å². The number of anilines is 2. The minimum absolute atomic E-state index is 0.328. The first-order valence-corrected chi connectivity index (χ1v) is 5.97. The van der Waals surface area contributed by atoms with Gasteiger partial charge in [0.2, 0.25) is 0 Å². The van der Waals surface area contributed by atoms with Crippen LogP contribution in [-0.4, -0.2) is 29.4 Å². The lowest BCUT2D eigenvalue weighted by molar-refractivity contribution is 0.168. The van der Waals surface area contributed by atoms with Gasteiger partial charge >= 0.3 is 6.09 Å². The van der Waals surface area contributed by atoms with Crippen molar-refractivity contribution in [3.63, 3.8) is 0 Å². The van der Waals surface area contributed by atoms with Crippen LogP contribution < -0.4 is 10.3 Å². The molecule has 1 amide bonds. The Kier molecular flexibility index (Phi) is 4.02. The summed E-state index contributed by atoms with van der Waals surface area (Å²) in [5, 5.41) is 4.57. The van der Waals surface area contributed by atoms with E-state index in [1.165, 1.54) is 0 Å². The highest BCUT2D eigenvalue weighted by molar-refractivity contribution is 5.89. The second-order valence-electron chi connectivity index (χ2n) is 3.82. The molecule has 0 saturated carbocycles. The van der Waals surface area contributed by atoms with Crippen LogP contribution in [0.3, 0.4) is 0 Å². The first-order chi connectivity index (χ1) is 9.22. The lowest BCUT2D eigenvalue weighted by atomic mass is 10.3. The summed E-state index contributed by atoms with van der Waals surface area (Å²) in [7, 11) is 1.89. The van der Waals surface area contributed by atoms with Crippen molar-refractivity contribution in [1.29, 1.82) is 0 Å². The molecule has 2 aromatic heterocycles. The predicted molar refractivity (Wildman–Crippen MR) is 73.1 cm³/mol. The molecule has 2 aromatic rings. The van der Waals surface area contributed by atoms with Gasteiger partial charge in [-0.2, -0.15) is 0 Å². The van der Waals surface area contributed by atoms with E-state index in [-0.39, 0.29) is 0 Å². The van der Waals surface area contributed by atoms with E-state index < -0.39 is 6.09 Å². The lowest BCUT2D eigenvalue weighted by Crippen LogP contribution is -2.25. The van der Waals surface area contributed by atoms with Crippen LogP contribution in [-0.2, 0) is 4.74 Å². The summed E-state index contributed by atoms with van der Waals surface area (Å²) < 4.78 is 6.76. The van der Waals surface area contributed by atoms with Crippen LogP contribution >= 0.6 is 0 Å². The Hall–Kier alpha value is -2.50. The number of aromatic nitrogens is 2. The van der Waals surface area contributed by atoms with E-state index >= 15 is 0 Å².